The molecule has 2 aromatic heterocycles. The van der Waals surface area contributed by atoms with E-state index in [-0.39, 0.29) is 11.7 Å². The lowest BCUT2D eigenvalue weighted by Crippen LogP contribution is -2.51. The van der Waals surface area contributed by atoms with Gasteiger partial charge in [-0.1, -0.05) is 48.5 Å². The Morgan fingerprint density at radius 3 is 2.03 bits per heavy atom. The van der Waals surface area contributed by atoms with Crippen LogP contribution >= 0.6 is 15.9 Å². The predicted octanol–water partition coefficient (Wildman–Crippen LogP) is 4.88. The number of amides is 1. The van der Waals surface area contributed by atoms with Gasteiger partial charge in [0.1, 0.15) is 11.3 Å². The number of hydrogen-bond donors (Lipinski definition) is 1. The molecule has 184 valence electrons. The van der Waals surface area contributed by atoms with Crippen LogP contribution in [-0.4, -0.2) is 62.4 Å². The van der Waals surface area contributed by atoms with Gasteiger partial charge in [0, 0.05) is 26.2 Å². The Hall–Kier alpha value is -2.10. The first kappa shape index (κ1) is 29.9. The maximum absolute atomic E-state index is 12.9. The quantitative estimate of drug-likeness (QED) is 0.610. The number of carbonyl (C=O) groups excluding carboxylic acids is 1. The summed E-state index contributed by atoms with van der Waals surface area (Å²) in [6.45, 7) is 21.6. The molecule has 1 fully saturated rings. The van der Waals surface area contributed by atoms with E-state index in [9.17, 15) is 9.59 Å². The van der Waals surface area contributed by atoms with Crippen LogP contribution in [0.5, 0.6) is 0 Å². The van der Waals surface area contributed by atoms with Crippen LogP contribution in [0.15, 0.2) is 9.53 Å². The topological polar surface area (TPSA) is 95.8 Å². The summed E-state index contributed by atoms with van der Waals surface area (Å²) in [5.74, 6) is 0.342. The number of ether oxygens (including phenoxy) is 1. The molecule has 32 heavy (non-hydrogen) atoms. The summed E-state index contributed by atoms with van der Waals surface area (Å²) in [6.07, 6.45) is 0.299. The molecule has 1 N–H and O–H groups in total. The van der Waals surface area contributed by atoms with Crippen LogP contribution in [0.4, 0.5) is 10.5 Å². The molecule has 2 aromatic rings. The summed E-state index contributed by atoms with van der Waals surface area (Å²) in [4.78, 5) is 37.4. The fraction of sp³-hybridized carbons (Fsp3) is 0.727. The second-order valence-electron chi connectivity index (χ2n) is 7.17. The summed E-state index contributed by atoms with van der Waals surface area (Å²) < 4.78 is 7.21. The summed E-state index contributed by atoms with van der Waals surface area (Å²) >= 11 is 3.24. The Kier molecular flexibility index (Phi) is 13.2. The molecule has 0 spiro atoms. The molecule has 1 saturated heterocycles. The highest BCUT2D eigenvalue weighted by molar-refractivity contribution is 9.10. The Morgan fingerprint density at radius 1 is 1.03 bits per heavy atom. The minimum absolute atomic E-state index is 0.184. The summed E-state index contributed by atoms with van der Waals surface area (Å²) in [5, 5.41) is 2.85. The molecule has 1 amide bonds. The minimum Gasteiger partial charge on any atom is -0.444 e. The molecule has 0 unspecified atom stereocenters. The van der Waals surface area contributed by atoms with E-state index in [1.54, 1.807) is 4.90 Å². The van der Waals surface area contributed by atoms with Crippen molar-refractivity contribution in [3.8, 4) is 0 Å². The number of nitrogens with one attached hydrogen (secondary N) is 1. The molecule has 1 aliphatic heterocycles. The van der Waals surface area contributed by atoms with Crippen LogP contribution in [0.3, 0.4) is 0 Å². The largest absolute Gasteiger partial charge is 0.444 e. The number of H-pyrrole nitrogens is 1. The summed E-state index contributed by atoms with van der Waals surface area (Å²) in [7, 11) is 0. The van der Waals surface area contributed by atoms with Crippen molar-refractivity contribution in [2.24, 2.45) is 0 Å². The van der Waals surface area contributed by atoms with Gasteiger partial charge in [-0.25, -0.2) is 9.78 Å². The van der Waals surface area contributed by atoms with Crippen molar-refractivity contribution in [1.82, 2.24) is 24.5 Å². The van der Waals surface area contributed by atoms with E-state index in [0.29, 0.717) is 54.5 Å². The number of rotatable bonds is 2. The van der Waals surface area contributed by atoms with Crippen LogP contribution in [0.2, 0.25) is 0 Å². The number of aromatic nitrogens is 4. The monoisotopic (exact) mass is 516 g/mol. The van der Waals surface area contributed by atoms with Crippen molar-refractivity contribution in [3.05, 3.63) is 20.8 Å². The molecule has 0 atom stereocenters. The molecule has 9 nitrogen and oxygen atoms in total. The number of fused-ring (bicyclic) bond motifs is 1. The number of aromatic amines is 1. The van der Waals surface area contributed by atoms with E-state index >= 15 is 0 Å². The van der Waals surface area contributed by atoms with Crippen LogP contribution in [-0.2, 0) is 11.2 Å². The molecule has 10 heteroatoms. The molecule has 0 aliphatic carbocycles. The molecule has 3 heterocycles. The highest BCUT2D eigenvalue weighted by atomic mass is 79.9. The molecule has 1 aliphatic rings. The van der Waals surface area contributed by atoms with Gasteiger partial charge in [-0.2, -0.15) is 9.50 Å². The van der Waals surface area contributed by atoms with Crippen molar-refractivity contribution in [1.29, 1.82) is 0 Å². The Bertz CT molecular complexity index is 880. The second-order valence-corrected chi connectivity index (χ2v) is 7.92. The van der Waals surface area contributed by atoms with Crippen molar-refractivity contribution < 1.29 is 9.53 Å². The lowest BCUT2D eigenvalue weighted by Gasteiger charge is -2.36. The molecule has 0 radical (unpaired) electrons. The molecule has 3 rings (SSSR count). The number of anilines is 1. The van der Waals surface area contributed by atoms with Gasteiger partial charge in [-0.05, 0) is 43.1 Å². The second kappa shape index (κ2) is 14.1. The number of halogens is 1. The van der Waals surface area contributed by atoms with Gasteiger partial charge >= 0.3 is 6.09 Å². The maximum Gasteiger partial charge on any atom is 0.410 e. The number of nitrogens with zero attached hydrogens (tertiary/aromatic N) is 5. The maximum atomic E-state index is 12.9. The zero-order valence-corrected chi connectivity index (χ0v) is 23.0. The molecular formula is C22H41BrN6O3. The van der Waals surface area contributed by atoms with Gasteiger partial charge in [-0.15, -0.1) is 0 Å². The lowest BCUT2D eigenvalue weighted by molar-refractivity contribution is 0.0240. The summed E-state index contributed by atoms with van der Waals surface area (Å²) in [5.41, 5.74) is 0.561. The first-order chi connectivity index (χ1) is 15.2. The van der Waals surface area contributed by atoms with Gasteiger partial charge in [0.15, 0.2) is 4.73 Å². The minimum atomic E-state index is -0.522. The highest BCUT2D eigenvalue weighted by Crippen LogP contribution is 2.19. The van der Waals surface area contributed by atoms with Crippen LogP contribution in [0.25, 0.3) is 5.78 Å². The van der Waals surface area contributed by atoms with Gasteiger partial charge in [0.05, 0.1) is 5.69 Å². The fourth-order valence-electron chi connectivity index (χ4n) is 2.93. The smallest absolute Gasteiger partial charge is 0.410 e. The van der Waals surface area contributed by atoms with Crippen LogP contribution in [0.1, 0.15) is 74.9 Å². The van der Waals surface area contributed by atoms with Gasteiger partial charge in [0.25, 0.3) is 11.3 Å². The Balaban J connectivity index is 0.00000148. The predicted molar refractivity (Wildman–Crippen MR) is 135 cm³/mol. The highest BCUT2D eigenvalue weighted by Gasteiger charge is 2.28. The van der Waals surface area contributed by atoms with E-state index in [0.717, 1.165) is 0 Å². The number of carbonyl (C=O) groups is 1. The average Bonchev–Trinajstić information content (AvgIpc) is 3.17. The average molecular weight is 518 g/mol. The fourth-order valence-corrected chi connectivity index (χ4v) is 3.26. The zero-order chi connectivity index (χ0) is 25.1. The third kappa shape index (κ3) is 7.79. The molecule has 0 bridgehead atoms. The first-order valence-corrected chi connectivity index (χ1v) is 12.4. The van der Waals surface area contributed by atoms with E-state index in [1.807, 2.05) is 74.1 Å². The third-order valence-electron chi connectivity index (χ3n) is 4.10. The van der Waals surface area contributed by atoms with Crippen molar-refractivity contribution in [2.75, 3.05) is 31.1 Å². The van der Waals surface area contributed by atoms with E-state index in [1.165, 1.54) is 4.52 Å². The van der Waals surface area contributed by atoms with Crippen LogP contribution in [0, 0.1) is 0 Å². The van der Waals surface area contributed by atoms with Gasteiger partial charge < -0.3 is 14.5 Å². The molecular weight excluding hydrogens is 476 g/mol. The lowest BCUT2D eigenvalue weighted by atomic mass is 10.2. The zero-order valence-electron chi connectivity index (χ0n) is 21.4. The Morgan fingerprint density at radius 2 is 1.56 bits per heavy atom. The van der Waals surface area contributed by atoms with Gasteiger partial charge in [-0.3, -0.25) is 9.89 Å². The number of piperazine rings is 1. The van der Waals surface area contributed by atoms with Crippen molar-refractivity contribution in [3.63, 3.8) is 0 Å². The standard InChI is InChI=1S/C16H23BrN6O3.3C2H6/c1-5-10-11(12(24)23-14(18-10)19-13(17)20-23)21-6-8-22(9-7-21)15(25)26-16(2,3)4;3*1-2/h5-9H2,1-4H3,(H,18,19,20);3*1-2H3. The van der Waals surface area contributed by atoms with E-state index in [2.05, 4.69) is 31.0 Å². The van der Waals surface area contributed by atoms with Crippen LogP contribution < -0.4 is 10.5 Å². The first-order valence-electron chi connectivity index (χ1n) is 11.6. The Labute approximate surface area is 200 Å². The number of aryl methyl sites for hydroxylation is 1. The van der Waals surface area contributed by atoms with E-state index < -0.39 is 5.60 Å². The summed E-state index contributed by atoms with van der Waals surface area (Å²) in [6, 6.07) is 0. The SMILES string of the molecule is CC.CC.CC.CCc1nc2nc(Br)[nH]n2c(=O)c1N1CCN(C(=O)OC(C)(C)C)CC1. The van der Waals surface area contributed by atoms with Crippen molar-refractivity contribution in [2.45, 2.75) is 81.3 Å². The van der Waals surface area contributed by atoms with Crippen molar-refractivity contribution >= 4 is 33.5 Å². The third-order valence-corrected chi connectivity index (χ3v) is 4.45. The van der Waals surface area contributed by atoms with Gasteiger partial charge in [0.2, 0.25) is 0 Å². The normalized spacial score (nSPS) is 13.2. The molecule has 0 aromatic carbocycles. The number of hydrogen-bond acceptors (Lipinski definition) is 6. The van der Waals surface area contributed by atoms with E-state index in [4.69, 9.17) is 4.74 Å². The molecule has 0 saturated carbocycles.